The third kappa shape index (κ3) is 4.02. The number of benzene rings is 1. The number of alkyl halides is 2. The fourth-order valence-electron chi connectivity index (χ4n) is 3.19. The maximum atomic E-state index is 13.3. The van der Waals surface area contributed by atoms with E-state index < -0.39 is 11.5 Å². The van der Waals surface area contributed by atoms with Crippen molar-refractivity contribution < 1.29 is 8.78 Å². The lowest BCUT2D eigenvalue weighted by Crippen LogP contribution is -2.30. The van der Waals surface area contributed by atoms with Gasteiger partial charge in [-0.05, 0) is 68.6 Å². The minimum absolute atomic E-state index is 0.0731. The van der Waals surface area contributed by atoms with E-state index in [0.717, 1.165) is 0 Å². The van der Waals surface area contributed by atoms with E-state index >= 15 is 0 Å². The SMILES string of the molecule is C1CCNC1.CC(C)(N)c1cc(-c2ccc3c(c2)CC3(F)F)[nH]c(=O)c1. The normalized spacial score (nSPS) is 17.7. The van der Waals surface area contributed by atoms with E-state index in [4.69, 9.17) is 5.73 Å². The van der Waals surface area contributed by atoms with Crippen LogP contribution in [0.4, 0.5) is 8.78 Å². The van der Waals surface area contributed by atoms with Crippen molar-refractivity contribution in [2.24, 2.45) is 5.73 Å². The summed E-state index contributed by atoms with van der Waals surface area (Å²) in [4.78, 5) is 14.5. The van der Waals surface area contributed by atoms with Crippen LogP contribution in [0.3, 0.4) is 0 Å². The molecule has 0 radical (unpaired) electrons. The second-order valence-electron chi connectivity index (χ2n) is 7.58. The molecule has 0 bridgehead atoms. The summed E-state index contributed by atoms with van der Waals surface area (Å²) in [5.74, 6) is -2.72. The molecular weight excluding hydrogens is 336 g/mol. The zero-order chi connectivity index (χ0) is 18.9. The van der Waals surface area contributed by atoms with E-state index in [1.54, 1.807) is 18.2 Å². The van der Waals surface area contributed by atoms with Gasteiger partial charge in [-0.2, -0.15) is 0 Å². The Morgan fingerprint density at radius 2 is 1.81 bits per heavy atom. The van der Waals surface area contributed by atoms with Gasteiger partial charge in [0.25, 0.3) is 5.92 Å². The van der Waals surface area contributed by atoms with Crippen molar-refractivity contribution in [2.45, 2.75) is 44.6 Å². The Morgan fingerprint density at radius 1 is 1.12 bits per heavy atom. The van der Waals surface area contributed by atoms with Crippen LogP contribution >= 0.6 is 0 Å². The van der Waals surface area contributed by atoms with Gasteiger partial charge in [-0.15, -0.1) is 0 Å². The molecule has 26 heavy (non-hydrogen) atoms. The molecule has 140 valence electrons. The molecule has 1 saturated heterocycles. The lowest BCUT2D eigenvalue weighted by Gasteiger charge is -2.30. The molecule has 1 aliphatic carbocycles. The van der Waals surface area contributed by atoms with Crippen LogP contribution < -0.4 is 16.6 Å². The van der Waals surface area contributed by atoms with Gasteiger partial charge < -0.3 is 16.0 Å². The molecule has 0 unspecified atom stereocenters. The van der Waals surface area contributed by atoms with Crippen LogP contribution in [0.25, 0.3) is 11.3 Å². The van der Waals surface area contributed by atoms with E-state index in [-0.39, 0.29) is 17.5 Å². The first-order valence-electron chi connectivity index (χ1n) is 8.93. The van der Waals surface area contributed by atoms with E-state index in [9.17, 15) is 13.6 Å². The third-order valence-corrected chi connectivity index (χ3v) is 4.77. The van der Waals surface area contributed by atoms with Crippen molar-refractivity contribution in [1.29, 1.82) is 0 Å². The van der Waals surface area contributed by atoms with Gasteiger partial charge in [0.1, 0.15) is 0 Å². The fourth-order valence-corrected chi connectivity index (χ4v) is 3.19. The summed E-state index contributed by atoms with van der Waals surface area (Å²) in [6, 6.07) is 7.97. The molecule has 2 aromatic rings. The van der Waals surface area contributed by atoms with Crippen LogP contribution in [0, 0.1) is 0 Å². The van der Waals surface area contributed by atoms with E-state index in [2.05, 4.69) is 10.3 Å². The Balaban J connectivity index is 0.000000339. The molecule has 1 fully saturated rings. The van der Waals surface area contributed by atoms with Gasteiger partial charge >= 0.3 is 0 Å². The number of nitrogens with two attached hydrogens (primary N) is 1. The Hall–Kier alpha value is -2.05. The minimum atomic E-state index is -2.72. The summed E-state index contributed by atoms with van der Waals surface area (Å²) >= 11 is 0. The maximum absolute atomic E-state index is 13.3. The number of rotatable bonds is 2. The number of halogens is 2. The third-order valence-electron chi connectivity index (χ3n) is 4.77. The first kappa shape index (κ1) is 18.7. The Morgan fingerprint density at radius 3 is 2.31 bits per heavy atom. The average Bonchev–Trinajstić information content (AvgIpc) is 3.12. The van der Waals surface area contributed by atoms with Crippen molar-refractivity contribution in [1.82, 2.24) is 10.3 Å². The highest BCUT2D eigenvalue weighted by molar-refractivity contribution is 5.64. The number of aromatic nitrogens is 1. The second kappa shape index (κ2) is 6.93. The summed E-state index contributed by atoms with van der Waals surface area (Å²) in [5, 5.41) is 3.22. The van der Waals surface area contributed by atoms with Gasteiger partial charge in [-0.1, -0.05) is 12.1 Å². The molecule has 1 aromatic carbocycles. The fraction of sp³-hybridized carbons (Fsp3) is 0.450. The molecule has 0 spiro atoms. The molecule has 4 rings (SSSR count). The minimum Gasteiger partial charge on any atom is -0.322 e. The lowest BCUT2D eigenvalue weighted by atomic mass is 9.83. The number of nitrogens with one attached hydrogen (secondary N) is 2. The molecule has 0 atom stereocenters. The second-order valence-corrected chi connectivity index (χ2v) is 7.58. The highest BCUT2D eigenvalue weighted by Crippen LogP contribution is 2.44. The van der Waals surface area contributed by atoms with Gasteiger partial charge in [0, 0.05) is 29.3 Å². The maximum Gasteiger partial charge on any atom is 0.277 e. The summed E-state index contributed by atoms with van der Waals surface area (Å²) in [6.45, 7) is 6.12. The first-order chi connectivity index (χ1) is 12.2. The molecule has 4 nitrogen and oxygen atoms in total. The van der Waals surface area contributed by atoms with Crippen molar-refractivity contribution in [2.75, 3.05) is 13.1 Å². The number of fused-ring (bicyclic) bond motifs is 1. The van der Waals surface area contributed by atoms with Crippen LogP contribution in [0.1, 0.15) is 43.4 Å². The molecule has 2 aliphatic rings. The van der Waals surface area contributed by atoms with Crippen molar-refractivity contribution in [3.8, 4) is 11.3 Å². The Bertz CT molecular complexity index is 841. The summed E-state index contributed by atoms with van der Waals surface area (Å²) in [5.41, 5.74) is 7.83. The van der Waals surface area contributed by atoms with Crippen LogP contribution in [-0.4, -0.2) is 18.1 Å². The average molecular weight is 361 g/mol. The standard InChI is InChI=1S/C16H16F2N2O.C4H9N/c1-15(2,19)11-6-13(20-14(21)7-11)9-3-4-12-10(5-9)8-16(12,17)18;1-2-4-5-3-1/h3-7H,8,19H2,1-2H3,(H,20,21);5H,1-4H2. The molecular formula is C20H25F2N3O. The summed E-state index contributed by atoms with van der Waals surface area (Å²) in [7, 11) is 0. The molecule has 0 saturated carbocycles. The number of hydrogen-bond donors (Lipinski definition) is 3. The van der Waals surface area contributed by atoms with Crippen LogP contribution in [0.15, 0.2) is 35.1 Å². The van der Waals surface area contributed by atoms with Gasteiger partial charge in [-0.3, -0.25) is 4.79 Å². The number of H-pyrrole nitrogens is 1. The first-order valence-corrected chi connectivity index (χ1v) is 8.93. The van der Waals surface area contributed by atoms with Crippen molar-refractivity contribution >= 4 is 0 Å². The molecule has 4 N–H and O–H groups in total. The highest BCUT2D eigenvalue weighted by Gasteiger charge is 2.43. The van der Waals surface area contributed by atoms with E-state index in [1.165, 1.54) is 38.1 Å². The smallest absolute Gasteiger partial charge is 0.277 e. The largest absolute Gasteiger partial charge is 0.322 e. The van der Waals surface area contributed by atoms with Gasteiger partial charge in [-0.25, -0.2) is 8.78 Å². The number of hydrogen-bond acceptors (Lipinski definition) is 3. The predicted molar refractivity (Wildman–Crippen MR) is 99.4 cm³/mol. The van der Waals surface area contributed by atoms with Crippen LogP contribution in [0.5, 0.6) is 0 Å². The molecule has 1 aromatic heterocycles. The Kier molecular flexibility index (Phi) is 4.99. The quantitative estimate of drug-likeness (QED) is 0.769. The van der Waals surface area contributed by atoms with E-state index in [0.29, 0.717) is 22.4 Å². The highest BCUT2D eigenvalue weighted by atomic mass is 19.3. The number of pyridine rings is 1. The Labute approximate surface area is 151 Å². The monoisotopic (exact) mass is 361 g/mol. The lowest BCUT2D eigenvalue weighted by molar-refractivity contribution is -0.0287. The van der Waals surface area contributed by atoms with Crippen LogP contribution in [-0.2, 0) is 17.9 Å². The number of aromatic amines is 1. The van der Waals surface area contributed by atoms with Gasteiger partial charge in [0.15, 0.2) is 0 Å². The van der Waals surface area contributed by atoms with Crippen LogP contribution in [0.2, 0.25) is 0 Å². The zero-order valence-electron chi connectivity index (χ0n) is 15.2. The topological polar surface area (TPSA) is 70.9 Å². The molecule has 1 aliphatic heterocycles. The van der Waals surface area contributed by atoms with Gasteiger partial charge in [0.05, 0.1) is 0 Å². The van der Waals surface area contributed by atoms with Gasteiger partial charge in [0.2, 0.25) is 5.56 Å². The molecule has 6 heteroatoms. The van der Waals surface area contributed by atoms with Crippen molar-refractivity contribution in [3.63, 3.8) is 0 Å². The molecule has 2 heterocycles. The molecule has 0 amide bonds. The predicted octanol–water partition coefficient (Wildman–Crippen LogP) is 3.25. The van der Waals surface area contributed by atoms with Crippen molar-refractivity contribution in [3.05, 3.63) is 57.4 Å². The summed E-state index contributed by atoms with van der Waals surface area (Å²) in [6.07, 6.45) is 2.53. The van der Waals surface area contributed by atoms with E-state index in [1.807, 2.05) is 13.8 Å². The zero-order valence-corrected chi connectivity index (χ0v) is 15.2. The summed E-state index contributed by atoms with van der Waals surface area (Å²) < 4.78 is 26.6.